The number of aromatic nitrogens is 1. The number of carboxylic acid groups (broad SMARTS) is 1. The van der Waals surface area contributed by atoms with E-state index in [1.54, 1.807) is 4.90 Å². The predicted octanol–water partition coefficient (Wildman–Crippen LogP) is 2.75. The highest BCUT2D eigenvalue weighted by Gasteiger charge is 2.51. The first-order chi connectivity index (χ1) is 15.3. The molecule has 0 radical (unpaired) electrons. The van der Waals surface area contributed by atoms with Crippen molar-refractivity contribution in [1.82, 2.24) is 4.57 Å². The lowest BCUT2D eigenvalue weighted by atomic mass is 9.91. The average molecular weight is 490 g/mol. The van der Waals surface area contributed by atoms with Crippen LogP contribution in [0.5, 0.6) is 5.75 Å². The third-order valence-electron chi connectivity index (χ3n) is 6.74. The highest BCUT2D eigenvalue weighted by atomic mass is 35.5. The number of hydrogen-bond acceptors (Lipinski definition) is 6. The number of nitrogens with zero attached hydrogens (tertiary/aromatic N) is 2. The molecule has 33 heavy (non-hydrogen) atoms. The second kappa shape index (κ2) is 8.37. The first-order valence-electron chi connectivity index (χ1n) is 10.4. The lowest BCUT2D eigenvalue weighted by Gasteiger charge is -2.28. The van der Waals surface area contributed by atoms with Gasteiger partial charge in [-0.2, -0.15) is 8.78 Å². The fourth-order valence-corrected chi connectivity index (χ4v) is 5.06. The predicted molar refractivity (Wildman–Crippen MR) is 115 cm³/mol. The zero-order valence-corrected chi connectivity index (χ0v) is 18.2. The molecule has 1 aromatic carbocycles. The van der Waals surface area contributed by atoms with Crippen LogP contribution in [-0.4, -0.2) is 54.1 Å². The summed E-state index contributed by atoms with van der Waals surface area (Å²) in [5.41, 5.74) is 3.51. The molecule has 8 nitrogen and oxygen atoms in total. The summed E-state index contributed by atoms with van der Waals surface area (Å²) in [5, 5.41) is 9.11. The Morgan fingerprint density at radius 3 is 2.67 bits per heavy atom. The van der Waals surface area contributed by atoms with Crippen LogP contribution in [0, 0.1) is 11.7 Å². The summed E-state index contributed by atoms with van der Waals surface area (Å²) in [6.07, 6.45) is 3.19. The molecule has 0 amide bonds. The highest BCUT2D eigenvalue weighted by Crippen LogP contribution is 2.48. The zero-order chi connectivity index (χ0) is 22.8. The minimum Gasteiger partial charge on any atom is -0.477 e. The maximum Gasteiger partial charge on any atom is 0.387 e. The summed E-state index contributed by atoms with van der Waals surface area (Å²) in [6.45, 7) is -2.03. The third kappa shape index (κ3) is 3.71. The van der Waals surface area contributed by atoms with Gasteiger partial charge in [0.05, 0.1) is 10.9 Å². The van der Waals surface area contributed by atoms with Crippen molar-refractivity contribution in [1.29, 1.82) is 0 Å². The van der Waals surface area contributed by atoms with Crippen LogP contribution in [-0.2, 0) is 4.74 Å². The van der Waals surface area contributed by atoms with Gasteiger partial charge in [0, 0.05) is 44.4 Å². The Kier molecular flexibility index (Phi) is 6.00. The zero-order valence-electron chi connectivity index (χ0n) is 17.4. The normalized spacial score (nSPS) is 24.3. The van der Waals surface area contributed by atoms with Crippen LogP contribution < -0.4 is 20.8 Å². The number of anilines is 1. The molecule has 2 aromatic rings. The standard InChI is InChI=1S/C21H22F3N3O5.ClH/c22-14-5-12-15(27(11-1-2-11)7-13(17(12)28)19(29)30)18(32-20(23)24)16(14)26-6-10-3-4-31-21(10,8-25)9-26;/h5,7,10-11,20H,1-4,6,8-9,25H2,(H,29,30);1H/t10-,21+;/m0./s1. The molecule has 0 spiro atoms. The first-order valence-corrected chi connectivity index (χ1v) is 10.4. The van der Waals surface area contributed by atoms with Crippen molar-refractivity contribution in [3.63, 3.8) is 0 Å². The topological polar surface area (TPSA) is 107 Å². The molecule has 3 N–H and O–H groups in total. The second-order valence-corrected chi connectivity index (χ2v) is 8.61. The molecule has 5 rings (SSSR count). The van der Waals surface area contributed by atoms with E-state index in [1.165, 1.54) is 4.57 Å². The molecular weight excluding hydrogens is 467 g/mol. The van der Waals surface area contributed by atoms with Crippen LogP contribution in [0.25, 0.3) is 10.9 Å². The minimum atomic E-state index is -3.28. The van der Waals surface area contributed by atoms with Crippen LogP contribution in [0.4, 0.5) is 18.9 Å². The Bertz CT molecular complexity index is 1170. The number of alkyl halides is 2. The van der Waals surface area contributed by atoms with Gasteiger partial charge in [0.2, 0.25) is 5.43 Å². The lowest BCUT2D eigenvalue weighted by Crippen LogP contribution is -2.44. The number of carbonyl (C=O) groups is 1. The lowest BCUT2D eigenvalue weighted by molar-refractivity contribution is -0.0488. The Balaban J connectivity index is 0.00000259. The van der Waals surface area contributed by atoms with E-state index in [2.05, 4.69) is 0 Å². The molecule has 2 aliphatic heterocycles. The number of carboxylic acids is 1. The molecular formula is C21H23ClF3N3O5. The SMILES string of the molecule is Cl.NC[C@@]12CN(c3c(F)cc4c(=O)c(C(=O)O)cn(C5CC5)c4c3OC(F)F)C[C@@H]1CCO2. The summed E-state index contributed by atoms with van der Waals surface area (Å²) >= 11 is 0. The average Bonchev–Trinajstić information content (AvgIpc) is 3.40. The fraction of sp³-hybridized carbons (Fsp3) is 0.524. The van der Waals surface area contributed by atoms with Gasteiger partial charge in [-0.1, -0.05) is 0 Å². The number of fused-ring (bicyclic) bond motifs is 2. The molecule has 2 saturated heterocycles. The quantitative estimate of drug-likeness (QED) is 0.642. The number of hydrogen-bond donors (Lipinski definition) is 2. The van der Waals surface area contributed by atoms with Crippen molar-refractivity contribution in [3.05, 3.63) is 33.9 Å². The number of halogens is 4. The van der Waals surface area contributed by atoms with Crippen LogP contribution in [0.2, 0.25) is 0 Å². The van der Waals surface area contributed by atoms with Crippen LogP contribution in [0.1, 0.15) is 35.7 Å². The molecule has 1 aliphatic carbocycles. The Labute approximate surface area is 192 Å². The molecule has 0 bridgehead atoms. The van der Waals surface area contributed by atoms with Crippen molar-refractivity contribution in [2.24, 2.45) is 11.7 Å². The van der Waals surface area contributed by atoms with Crippen molar-refractivity contribution in [2.45, 2.75) is 37.5 Å². The summed E-state index contributed by atoms with van der Waals surface area (Å²) in [4.78, 5) is 25.9. The molecule has 2 atom stereocenters. The summed E-state index contributed by atoms with van der Waals surface area (Å²) < 4.78 is 54.5. The molecule has 180 valence electrons. The maximum absolute atomic E-state index is 15.4. The number of aromatic carboxylic acids is 1. The van der Waals surface area contributed by atoms with Crippen LogP contribution in [0.3, 0.4) is 0 Å². The second-order valence-electron chi connectivity index (χ2n) is 8.61. The molecule has 0 unspecified atom stereocenters. The number of nitrogens with two attached hydrogens (primary N) is 1. The Hall–Kier alpha value is -2.50. The van der Waals surface area contributed by atoms with Gasteiger partial charge in [-0.15, -0.1) is 12.4 Å². The van der Waals surface area contributed by atoms with Gasteiger partial charge in [-0.25, -0.2) is 9.18 Å². The van der Waals surface area contributed by atoms with Crippen LogP contribution >= 0.6 is 12.4 Å². The van der Waals surface area contributed by atoms with Crippen molar-refractivity contribution < 1.29 is 32.5 Å². The van der Waals surface area contributed by atoms with Gasteiger partial charge in [-0.3, -0.25) is 4.79 Å². The van der Waals surface area contributed by atoms with E-state index in [0.717, 1.165) is 12.3 Å². The number of benzene rings is 1. The molecule has 3 fully saturated rings. The summed E-state index contributed by atoms with van der Waals surface area (Å²) in [6, 6.07) is 0.729. The molecule has 3 aliphatic rings. The van der Waals surface area contributed by atoms with E-state index in [0.29, 0.717) is 32.4 Å². The summed E-state index contributed by atoms with van der Waals surface area (Å²) in [5.74, 6) is -2.88. The van der Waals surface area contributed by atoms with E-state index < -0.39 is 40.7 Å². The van der Waals surface area contributed by atoms with Gasteiger partial charge in [0.1, 0.15) is 16.9 Å². The van der Waals surface area contributed by atoms with E-state index >= 15 is 4.39 Å². The van der Waals surface area contributed by atoms with Gasteiger partial charge >= 0.3 is 12.6 Å². The van der Waals surface area contributed by atoms with E-state index in [-0.39, 0.29) is 54.0 Å². The van der Waals surface area contributed by atoms with Crippen molar-refractivity contribution in [2.75, 3.05) is 31.1 Å². The van der Waals surface area contributed by atoms with Gasteiger partial charge in [0.25, 0.3) is 0 Å². The minimum absolute atomic E-state index is 0. The van der Waals surface area contributed by atoms with Gasteiger partial charge < -0.3 is 29.8 Å². The number of rotatable bonds is 6. The van der Waals surface area contributed by atoms with E-state index in [4.69, 9.17) is 15.2 Å². The van der Waals surface area contributed by atoms with Crippen LogP contribution in [0.15, 0.2) is 17.1 Å². The first kappa shape index (κ1) is 23.7. The maximum atomic E-state index is 15.4. The van der Waals surface area contributed by atoms with E-state index in [1.807, 2.05) is 0 Å². The molecule has 12 heteroatoms. The smallest absolute Gasteiger partial charge is 0.387 e. The summed E-state index contributed by atoms with van der Waals surface area (Å²) in [7, 11) is 0. The molecule has 3 heterocycles. The Morgan fingerprint density at radius 2 is 2.09 bits per heavy atom. The fourth-order valence-electron chi connectivity index (χ4n) is 5.06. The monoisotopic (exact) mass is 489 g/mol. The van der Waals surface area contributed by atoms with Gasteiger partial charge in [0.15, 0.2) is 11.6 Å². The van der Waals surface area contributed by atoms with Crippen molar-refractivity contribution in [3.8, 4) is 5.75 Å². The molecule has 1 aromatic heterocycles. The Morgan fingerprint density at radius 1 is 1.36 bits per heavy atom. The van der Waals surface area contributed by atoms with E-state index in [9.17, 15) is 23.5 Å². The largest absolute Gasteiger partial charge is 0.477 e. The molecule has 1 saturated carbocycles. The van der Waals surface area contributed by atoms with Gasteiger partial charge in [-0.05, 0) is 25.3 Å². The number of ether oxygens (including phenoxy) is 2. The highest BCUT2D eigenvalue weighted by molar-refractivity contribution is 5.97. The third-order valence-corrected chi connectivity index (χ3v) is 6.74. The van der Waals surface area contributed by atoms with Crippen molar-refractivity contribution >= 4 is 35.0 Å². The number of pyridine rings is 1.